The number of benzene rings is 1. The van der Waals surface area contributed by atoms with Crippen LogP contribution in [-0.2, 0) is 11.3 Å². The van der Waals surface area contributed by atoms with Crippen LogP contribution < -0.4 is 15.6 Å². The van der Waals surface area contributed by atoms with Gasteiger partial charge in [-0.1, -0.05) is 22.9 Å². The van der Waals surface area contributed by atoms with Gasteiger partial charge < -0.3 is 14.8 Å². The van der Waals surface area contributed by atoms with Crippen LogP contribution in [0.3, 0.4) is 0 Å². The van der Waals surface area contributed by atoms with Crippen LogP contribution in [0.15, 0.2) is 65.7 Å². The molecular formula is C25H25ClN6O4S. The lowest BCUT2D eigenvalue weighted by Gasteiger charge is -2.26. The zero-order valence-corrected chi connectivity index (χ0v) is 21.5. The quantitative estimate of drug-likeness (QED) is 0.348. The van der Waals surface area contributed by atoms with Crippen molar-refractivity contribution in [3.05, 3.63) is 86.2 Å². The molecule has 4 heterocycles. The first-order valence-corrected chi connectivity index (χ1v) is 13.0. The highest BCUT2D eigenvalue weighted by Crippen LogP contribution is 2.26. The molecule has 0 bridgehead atoms. The van der Waals surface area contributed by atoms with Gasteiger partial charge in [0.05, 0.1) is 40.9 Å². The number of hydrogen-bond acceptors (Lipinski definition) is 8. The summed E-state index contributed by atoms with van der Waals surface area (Å²) < 4.78 is 15.3. The highest BCUT2D eigenvalue weighted by atomic mass is 35.5. The fourth-order valence-electron chi connectivity index (χ4n) is 3.90. The van der Waals surface area contributed by atoms with Crippen LogP contribution in [0, 0.1) is 0 Å². The first-order chi connectivity index (χ1) is 18.1. The topological polar surface area (TPSA) is 104 Å². The third-order valence-electron chi connectivity index (χ3n) is 5.83. The maximum absolute atomic E-state index is 12.4. The number of nitrogens with zero attached hydrogens (tertiary/aromatic N) is 5. The number of pyridine rings is 1. The Balaban J connectivity index is 1.34. The Labute approximate surface area is 222 Å². The molecular weight excluding hydrogens is 516 g/mol. The molecule has 0 atom stereocenters. The van der Waals surface area contributed by atoms with Gasteiger partial charge in [0.2, 0.25) is 0 Å². The minimum Gasteiger partial charge on any atom is -0.490 e. The molecule has 4 aromatic rings. The largest absolute Gasteiger partial charge is 0.490 e. The summed E-state index contributed by atoms with van der Waals surface area (Å²) in [7, 11) is 0. The number of morpholine rings is 1. The van der Waals surface area contributed by atoms with Gasteiger partial charge in [0.25, 0.3) is 11.5 Å². The molecule has 37 heavy (non-hydrogen) atoms. The summed E-state index contributed by atoms with van der Waals surface area (Å²) in [4.78, 5) is 27.5. The average Bonchev–Trinajstić information content (AvgIpc) is 3.57. The van der Waals surface area contributed by atoms with Crippen molar-refractivity contribution in [3.63, 3.8) is 0 Å². The van der Waals surface area contributed by atoms with Gasteiger partial charge in [-0.3, -0.25) is 19.1 Å². The minimum absolute atomic E-state index is 0.139. The van der Waals surface area contributed by atoms with E-state index in [0.717, 1.165) is 32.8 Å². The molecule has 1 saturated heterocycles. The molecule has 192 valence electrons. The summed E-state index contributed by atoms with van der Waals surface area (Å²) in [6.45, 7) is 4.59. The number of ether oxygens (including phenoxy) is 2. The molecule has 1 N–H and O–H groups in total. The van der Waals surface area contributed by atoms with Gasteiger partial charge in [-0.2, -0.15) is 0 Å². The lowest BCUT2D eigenvalue weighted by atomic mass is 10.2. The molecule has 0 spiro atoms. The van der Waals surface area contributed by atoms with Crippen LogP contribution in [0.1, 0.15) is 15.4 Å². The molecule has 0 radical (unpaired) electrons. The Morgan fingerprint density at radius 3 is 2.81 bits per heavy atom. The molecule has 0 unspecified atom stereocenters. The van der Waals surface area contributed by atoms with E-state index in [2.05, 4.69) is 20.5 Å². The van der Waals surface area contributed by atoms with Gasteiger partial charge in [0, 0.05) is 38.0 Å². The molecule has 1 amide bonds. The van der Waals surface area contributed by atoms with Gasteiger partial charge >= 0.3 is 0 Å². The lowest BCUT2D eigenvalue weighted by molar-refractivity contribution is 0.0322. The Morgan fingerprint density at radius 2 is 2.03 bits per heavy atom. The van der Waals surface area contributed by atoms with E-state index in [1.54, 1.807) is 45.9 Å². The third-order valence-corrected chi connectivity index (χ3v) is 7.06. The third kappa shape index (κ3) is 6.25. The first-order valence-electron chi connectivity index (χ1n) is 11.8. The van der Waals surface area contributed by atoms with Crippen LogP contribution in [0.5, 0.6) is 5.75 Å². The zero-order valence-electron chi connectivity index (χ0n) is 19.9. The summed E-state index contributed by atoms with van der Waals surface area (Å²) >= 11 is 7.13. The Bertz CT molecular complexity index is 1430. The van der Waals surface area contributed by atoms with E-state index in [1.165, 1.54) is 17.4 Å². The number of nitrogens with one attached hydrogen (secondary N) is 1. The van der Waals surface area contributed by atoms with Crippen LogP contribution in [-0.4, -0.2) is 69.8 Å². The number of amides is 1. The van der Waals surface area contributed by atoms with Gasteiger partial charge in [0.15, 0.2) is 0 Å². The molecule has 0 aliphatic carbocycles. The highest BCUT2D eigenvalue weighted by molar-refractivity contribution is 7.17. The molecule has 0 saturated carbocycles. The molecule has 3 aromatic heterocycles. The number of thiophene rings is 1. The first kappa shape index (κ1) is 25.2. The van der Waals surface area contributed by atoms with E-state index in [9.17, 15) is 9.59 Å². The van der Waals surface area contributed by atoms with E-state index >= 15 is 0 Å². The highest BCUT2D eigenvalue weighted by Gasteiger charge is 2.15. The summed E-state index contributed by atoms with van der Waals surface area (Å²) in [5.41, 5.74) is 1.79. The van der Waals surface area contributed by atoms with E-state index < -0.39 is 0 Å². The Morgan fingerprint density at radius 1 is 1.16 bits per heavy atom. The number of hydrogen-bond donors (Lipinski definition) is 1. The molecule has 1 fully saturated rings. The second kappa shape index (κ2) is 11.7. The van der Waals surface area contributed by atoms with Crippen molar-refractivity contribution in [3.8, 4) is 17.1 Å². The second-order valence-electron chi connectivity index (χ2n) is 8.30. The summed E-state index contributed by atoms with van der Waals surface area (Å²) in [5, 5.41) is 11.3. The number of halogens is 1. The van der Waals surface area contributed by atoms with Gasteiger partial charge in [0.1, 0.15) is 23.7 Å². The second-order valence-corrected chi connectivity index (χ2v) is 10.0. The maximum atomic E-state index is 12.4. The fourth-order valence-corrected chi connectivity index (χ4v) is 4.86. The molecule has 1 aliphatic rings. The van der Waals surface area contributed by atoms with E-state index in [-0.39, 0.29) is 18.0 Å². The van der Waals surface area contributed by atoms with E-state index in [4.69, 9.17) is 21.1 Å². The summed E-state index contributed by atoms with van der Waals surface area (Å²) in [6.07, 6.45) is 3.45. The number of carbonyl (C=O) groups is 1. The average molecular weight is 541 g/mol. The van der Waals surface area contributed by atoms with Crippen LogP contribution in [0.2, 0.25) is 4.34 Å². The summed E-state index contributed by atoms with van der Waals surface area (Å²) in [5.74, 6) is 0.339. The number of carbonyl (C=O) groups excluding carboxylic acids is 1. The Hall–Kier alpha value is -3.51. The molecule has 10 nitrogen and oxygen atoms in total. The Kier molecular flexibility index (Phi) is 7.95. The normalized spacial score (nSPS) is 14.0. The van der Waals surface area contributed by atoms with Crippen molar-refractivity contribution in [1.82, 2.24) is 29.8 Å². The summed E-state index contributed by atoms with van der Waals surface area (Å²) in [6, 6.07) is 13.9. The fraction of sp³-hybridized carbons (Fsp3) is 0.280. The standard InChI is InChI=1S/C25H25ClN6O4S/c26-23-7-6-22(37-23)25(34)27-16-18-17-32(29-28-18)20-5-4-19(31-8-2-1-3-24(31)33)15-21(20)36-14-11-30-9-12-35-13-10-30/h1-8,15,17H,9-14,16H2,(H,27,34). The van der Waals surface area contributed by atoms with Crippen molar-refractivity contribution in [2.45, 2.75) is 6.54 Å². The zero-order chi connectivity index (χ0) is 25.6. The molecule has 1 aromatic carbocycles. The molecule has 12 heteroatoms. The van der Waals surface area contributed by atoms with E-state index in [1.807, 2.05) is 18.2 Å². The smallest absolute Gasteiger partial charge is 0.261 e. The van der Waals surface area contributed by atoms with Crippen molar-refractivity contribution < 1.29 is 14.3 Å². The van der Waals surface area contributed by atoms with Crippen molar-refractivity contribution in [2.24, 2.45) is 0 Å². The molecule has 5 rings (SSSR count). The van der Waals surface area contributed by atoms with Crippen molar-refractivity contribution >= 4 is 28.8 Å². The van der Waals surface area contributed by atoms with Crippen LogP contribution >= 0.6 is 22.9 Å². The number of aromatic nitrogens is 4. The lowest BCUT2D eigenvalue weighted by Crippen LogP contribution is -2.38. The van der Waals surface area contributed by atoms with E-state index in [0.29, 0.717) is 38.6 Å². The van der Waals surface area contributed by atoms with Gasteiger partial charge in [-0.25, -0.2) is 4.68 Å². The van der Waals surface area contributed by atoms with Gasteiger partial charge in [-0.05, 0) is 30.3 Å². The van der Waals surface area contributed by atoms with Crippen LogP contribution in [0.4, 0.5) is 0 Å². The predicted octanol–water partition coefficient (Wildman–Crippen LogP) is 2.77. The monoisotopic (exact) mass is 540 g/mol. The van der Waals surface area contributed by atoms with Crippen LogP contribution in [0.25, 0.3) is 11.4 Å². The maximum Gasteiger partial charge on any atom is 0.261 e. The van der Waals surface area contributed by atoms with Crippen molar-refractivity contribution in [2.75, 3.05) is 39.5 Å². The molecule has 1 aliphatic heterocycles. The SMILES string of the molecule is O=C(NCc1cn(-c2ccc(-n3ccccc3=O)cc2OCCN2CCOCC2)nn1)c1ccc(Cl)s1. The number of rotatable bonds is 9. The minimum atomic E-state index is -0.226. The predicted molar refractivity (Wildman–Crippen MR) is 140 cm³/mol. The van der Waals surface area contributed by atoms with Crippen molar-refractivity contribution in [1.29, 1.82) is 0 Å². The van der Waals surface area contributed by atoms with Gasteiger partial charge in [-0.15, -0.1) is 16.4 Å².